The lowest BCUT2D eigenvalue weighted by Gasteiger charge is -2.62. The number of aliphatic hydroxyl groups is 2. The van der Waals surface area contributed by atoms with Gasteiger partial charge in [0.15, 0.2) is 0 Å². The SMILES string of the molecule is CCC[C@@H](NC(=O)C[C@@H](C)[C@H]1CC[C@H]2[C@@H]3[C@H](O)C[C@@H]4C[C@H](O)CC[C@]4(C)[C@H]3CC[C@]12C)c1ccc(Cl)s1. The first-order valence-electron chi connectivity index (χ1n) is 15.0. The Morgan fingerprint density at radius 2 is 1.84 bits per heavy atom. The van der Waals surface area contributed by atoms with Gasteiger partial charge in [0.25, 0.3) is 0 Å². The normalized spacial score (nSPS) is 42.8. The van der Waals surface area contributed by atoms with Crippen LogP contribution >= 0.6 is 22.9 Å². The minimum absolute atomic E-state index is 0.0460. The lowest BCUT2D eigenvalue weighted by Crippen LogP contribution is -2.58. The minimum atomic E-state index is -0.247. The summed E-state index contributed by atoms with van der Waals surface area (Å²) < 4.78 is 0.772. The van der Waals surface area contributed by atoms with Crippen molar-refractivity contribution in [3.05, 3.63) is 21.3 Å². The largest absolute Gasteiger partial charge is 0.393 e. The summed E-state index contributed by atoms with van der Waals surface area (Å²) in [6.45, 7) is 9.41. The molecule has 1 heterocycles. The summed E-state index contributed by atoms with van der Waals surface area (Å²) in [5, 5.41) is 25.1. The Bertz CT molecular complexity index is 968. The molecule has 0 spiro atoms. The van der Waals surface area contributed by atoms with Crippen LogP contribution in [0.5, 0.6) is 0 Å². The lowest BCUT2D eigenvalue weighted by molar-refractivity contribution is -0.174. The summed E-state index contributed by atoms with van der Waals surface area (Å²) in [5.74, 6) is 2.94. The van der Waals surface area contributed by atoms with Gasteiger partial charge in [0.2, 0.25) is 5.91 Å². The third-order valence-electron chi connectivity index (χ3n) is 11.8. The lowest BCUT2D eigenvalue weighted by atomic mass is 9.43. The van der Waals surface area contributed by atoms with Gasteiger partial charge in [-0.2, -0.15) is 0 Å². The summed E-state index contributed by atoms with van der Waals surface area (Å²) >= 11 is 7.75. The number of carbonyl (C=O) groups is 1. The second-order valence-corrected chi connectivity index (χ2v) is 15.4. The molecule has 4 saturated carbocycles. The number of halogens is 1. The van der Waals surface area contributed by atoms with Crippen molar-refractivity contribution in [1.29, 1.82) is 0 Å². The van der Waals surface area contributed by atoms with E-state index in [2.05, 4.69) is 33.0 Å². The number of hydrogen-bond acceptors (Lipinski definition) is 4. The topological polar surface area (TPSA) is 69.6 Å². The maximum absolute atomic E-state index is 13.2. The van der Waals surface area contributed by atoms with Crippen molar-refractivity contribution in [1.82, 2.24) is 5.32 Å². The van der Waals surface area contributed by atoms with Gasteiger partial charge < -0.3 is 15.5 Å². The first-order valence-corrected chi connectivity index (χ1v) is 16.2. The average Bonchev–Trinajstić information content (AvgIpc) is 3.43. The fraction of sp³-hybridized carbons (Fsp3) is 0.839. The van der Waals surface area contributed by atoms with Crippen LogP contribution < -0.4 is 5.32 Å². The maximum Gasteiger partial charge on any atom is 0.220 e. The number of amides is 1. The van der Waals surface area contributed by atoms with Crippen molar-refractivity contribution in [2.75, 3.05) is 0 Å². The highest BCUT2D eigenvalue weighted by Crippen LogP contribution is 2.68. The van der Waals surface area contributed by atoms with Gasteiger partial charge in [-0.3, -0.25) is 4.79 Å². The van der Waals surface area contributed by atoms with Crippen molar-refractivity contribution in [3.8, 4) is 0 Å². The van der Waals surface area contributed by atoms with E-state index in [-0.39, 0.29) is 35.0 Å². The molecular weight excluding hydrogens is 502 g/mol. The molecule has 0 radical (unpaired) electrons. The van der Waals surface area contributed by atoms with E-state index in [9.17, 15) is 15.0 Å². The van der Waals surface area contributed by atoms with Gasteiger partial charge in [0.1, 0.15) is 0 Å². The number of rotatable bonds is 7. The molecule has 6 heteroatoms. The molecule has 37 heavy (non-hydrogen) atoms. The zero-order valence-corrected chi connectivity index (χ0v) is 24.8. The van der Waals surface area contributed by atoms with Crippen LogP contribution in [0.25, 0.3) is 0 Å². The van der Waals surface area contributed by atoms with Gasteiger partial charge in [-0.1, -0.05) is 45.7 Å². The van der Waals surface area contributed by atoms with Crippen LogP contribution in [0.3, 0.4) is 0 Å². The summed E-state index contributed by atoms with van der Waals surface area (Å²) in [6, 6.07) is 4.02. The monoisotopic (exact) mass is 549 g/mol. The van der Waals surface area contributed by atoms with E-state index in [0.717, 1.165) is 47.7 Å². The van der Waals surface area contributed by atoms with Crippen LogP contribution in [-0.2, 0) is 4.79 Å². The Morgan fingerprint density at radius 3 is 2.54 bits per heavy atom. The minimum Gasteiger partial charge on any atom is -0.393 e. The predicted molar refractivity (Wildman–Crippen MR) is 152 cm³/mol. The van der Waals surface area contributed by atoms with E-state index in [1.54, 1.807) is 11.3 Å². The molecule has 1 aromatic heterocycles. The van der Waals surface area contributed by atoms with Gasteiger partial charge in [-0.05, 0) is 116 Å². The summed E-state index contributed by atoms with van der Waals surface area (Å²) in [5.41, 5.74) is 0.455. The van der Waals surface area contributed by atoms with Crippen LogP contribution in [0.15, 0.2) is 12.1 Å². The molecule has 0 unspecified atom stereocenters. The first-order chi connectivity index (χ1) is 17.6. The Balaban J connectivity index is 1.27. The van der Waals surface area contributed by atoms with Gasteiger partial charge in [0.05, 0.1) is 22.6 Å². The molecule has 4 aliphatic rings. The zero-order chi connectivity index (χ0) is 26.5. The number of carbonyl (C=O) groups excluding carboxylic acids is 1. The number of nitrogens with one attached hydrogen (secondary N) is 1. The fourth-order valence-electron chi connectivity index (χ4n) is 9.95. The molecule has 1 amide bonds. The second-order valence-electron chi connectivity index (χ2n) is 13.7. The van der Waals surface area contributed by atoms with Gasteiger partial charge >= 0.3 is 0 Å². The maximum atomic E-state index is 13.2. The number of thiophene rings is 1. The summed E-state index contributed by atoms with van der Waals surface area (Å²) in [6.07, 6.45) is 10.6. The molecule has 1 aromatic rings. The molecule has 0 saturated heterocycles. The molecule has 0 bridgehead atoms. The Kier molecular flexibility index (Phi) is 8.11. The Labute approximate surface area is 233 Å². The van der Waals surface area contributed by atoms with Crippen molar-refractivity contribution in [3.63, 3.8) is 0 Å². The van der Waals surface area contributed by atoms with Crippen LogP contribution in [-0.4, -0.2) is 28.3 Å². The van der Waals surface area contributed by atoms with Crippen LogP contribution in [0.4, 0.5) is 0 Å². The highest BCUT2D eigenvalue weighted by atomic mass is 35.5. The molecule has 0 aliphatic heterocycles. The van der Waals surface area contributed by atoms with Crippen molar-refractivity contribution < 1.29 is 15.0 Å². The Hall–Kier alpha value is -0.620. The van der Waals surface area contributed by atoms with Gasteiger partial charge in [-0.15, -0.1) is 11.3 Å². The second kappa shape index (κ2) is 10.7. The standard InChI is InChI=1S/C31H48ClNO3S/c1-5-6-24(26-9-10-27(32)37-26)33-28(36)15-18(2)21-7-8-22-29-23(12-14-31(21,22)4)30(3)13-11-20(34)16-19(30)17-25(29)35/h9-10,18-25,29,34-35H,5-8,11-17H2,1-4H3,(H,33,36)/t18-,19+,20-,21-,22+,23+,24-,25-,29+,30+,31-/m1/s1. The molecule has 4 fully saturated rings. The van der Waals surface area contributed by atoms with E-state index in [4.69, 9.17) is 11.6 Å². The fourth-order valence-corrected chi connectivity index (χ4v) is 11.1. The molecule has 0 aromatic carbocycles. The average molecular weight is 550 g/mol. The van der Waals surface area contributed by atoms with Crippen LogP contribution in [0.2, 0.25) is 4.34 Å². The molecule has 11 atom stereocenters. The predicted octanol–water partition coefficient (Wildman–Crippen LogP) is 7.38. The summed E-state index contributed by atoms with van der Waals surface area (Å²) in [7, 11) is 0. The number of aliphatic hydroxyl groups excluding tert-OH is 2. The summed E-state index contributed by atoms with van der Waals surface area (Å²) in [4.78, 5) is 14.4. The van der Waals surface area contributed by atoms with E-state index in [1.807, 2.05) is 12.1 Å². The third kappa shape index (κ3) is 5.05. The van der Waals surface area contributed by atoms with Crippen molar-refractivity contribution >= 4 is 28.8 Å². The Morgan fingerprint density at radius 1 is 1.11 bits per heavy atom. The van der Waals surface area contributed by atoms with Crippen LogP contribution in [0, 0.1) is 46.3 Å². The highest BCUT2D eigenvalue weighted by Gasteiger charge is 2.62. The first kappa shape index (κ1) is 27.9. The van der Waals surface area contributed by atoms with Gasteiger partial charge in [0, 0.05) is 11.3 Å². The quantitative estimate of drug-likeness (QED) is 0.332. The van der Waals surface area contributed by atoms with E-state index >= 15 is 0 Å². The molecule has 3 N–H and O–H groups in total. The van der Waals surface area contributed by atoms with Crippen molar-refractivity contribution in [2.45, 2.75) is 117 Å². The molecule has 4 nitrogen and oxygen atoms in total. The third-order valence-corrected chi connectivity index (χ3v) is 13.1. The van der Waals surface area contributed by atoms with Crippen LogP contribution in [0.1, 0.15) is 109 Å². The highest BCUT2D eigenvalue weighted by molar-refractivity contribution is 7.16. The molecule has 208 valence electrons. The molecule has 5 rings (SSSR count). The van der Waals surface area contributed by atoms with Gasteiger partial charge in [-0.25, -0.2) is 0 Å². The number of fused-ring (bicyclic) bond motifs is 5. The zero-order valence-electron chi connectivity index (χ0n) is 23.2. The van der Waals surface area contributed by atoms with E-state index in [1.165, 1.54) is 25.7 Å². The number of hydrogen-bond donors (Lipinski definition) is 3. The van der Waals surface area contributed by atoms with E-state index < -0.39 is 0 Å². The van der Waals surface area contributed by atoms with Crippen molar-refractivity contribution in [2.24, 2.45) is 46.3 Å². The molecule has 4 aliphatic carbocycles. The molecular formula is C31H48ClNO3S. The smallest absolute Gasteiger partial charge is 0.220 e. The van der Waals surface area contributed by atoms with E-state index in [0.29, 0.717) is 41.9 Å².